The molecule has 0 aromatic heterocycles. The van der Waals surface area contributed by atoms with E-state index in [1.807, 2.05) is 4.90 Å². The van der Waals surface area contributed by atoms with Gasteiger partial charge in [-0.15, -0.1) is 0 Å². The summed E-state index contributed by atoms with van der Waals surface area (Å²) in [5, 5.41) is 3.40. The van der Waals surface area contributed by atoms with E-state index in [-0.39, 0.29) is 5.91 Å². The molecule has 0 bridgehead atoms. The molecule has 6 nitrogen and oxygen atoms in total. The molecule has 2 rings (SSSR count). The summed E-state index contributed by atoms with van der Waals surface area (Å²) in [6.45, 7) is 8.79. The van der Waals surface area contributed by atoms with Gasteiger partial charge in [-0.1, -0.05) is 0 Å². The van der Waals surface area contributed by atoms with Crippen molar-refractivity contribution in [3.05, 3.63) is 0 Å². The summed E-state index contributed by atoms with van der Waals surface area (Å²) in [5.41, 5.74) is 0. The molecule has 1 unspecified atom stereocenters. The fourth-order valence-corrected chi connectivity index (χ4v) is 3.05. The maximum absolute atomic E-state index is 11.4. The number of piperazine rings is 1. The lowest BCUT2D eigenvalue weighted by atomic mass is 10.2. The molecule has 1 heterocycles. The molecule has 22 heavy (non-hydrogen) atoms. The van der Waals surface area contributed by atoms with Crippen LogP contribution in [-0.4, -0.2) is 86.0 Å². The molecule has 2 aliphatic rings. The quantitative estimate of drug-likeness (QED) is 0.592. The predicted octanol–water partition coefficient (Wildman–Crippen LogP) is 0.456. The van der Waals surface area contributed by atoms with Crippen LogP contribution in [0, 0.1) is 5.92 Å². The normalized spacial score (nSPS) is 21.2. The van der Waals surface area contributed by atoms with Crippen LogP contribution in [0.2, 0.25) is 0 Å². The molecule has 0 aromatic carbocycles. The van der Waals surface area contributed by atoms with Crippen LogP contribution in [0.3, 0.4) is 0 Å². The minimum atomic E-state index is 0.169. The van der Waals surface area contributed by atoms with E-state index >= 15 is 0 Å². The first kappa shape index (κ1) is 17.1. The van der Waals surface area contributed by atoms with Crippen LogP contribution < -0.4 is 5.32 Å². The van der Waals surface area contributed by atoms with Crippen LogP contribution >= 0.6 is 0 Å². The molecule has 0 spiro atoms. The van der Waals surface area contributed by atoms with E-state index in [0.29, 0.717) is 6.04 Å². The van der Waals surface area contributed by atoms with Crippen molar-refractivity contribution >= 4 is 11.9 Å². The zero-order valence-electron chi connectivity index (χ0n) is 14.5. The first-order chi connectivity index (χ1) is 10.5. The lowest BCUT2D eigenvalue weighted by molar-refractivity contribution is -0.130. The van der Waals surface area contributed by atoms with Gasteiger partial charge in [0.1, 0.15) is 0 Å². The first-order valence-corrected chi connectivity index (χ1v) is 8.48. The van der Waals surface area contributed by atoms with E-state index in [4.69, 9.17) is 4.99 Å². The van der Waals surface area contributed by atoms with Crippen molar-refractivity contribution in [2.45, 2.75) is 32.7 Å². The zero-order chi connectivity index (χ0) is 16.1. The molecule has 0 aromatic rings. The molecule has 1 amide bonds. The van der Waals surface area contributed by atoms with Gasteiger partial charge in [0, 0.05) is 45.7 Å². The smallest absolute Gasteiger partial charge is 0.219 e. The second-order valence-corrected chi connectivity index (χ2v) is 6.56. The molecule has 1 saturated carbocycles. The van der Waals surface area contributed by atoms with E-state index < -0.39 is 0 Å². The Bertz CT molecular complexity index is 395. The number of hydrogen-bond donors (Lipinski definition) is 1. The molecule has 2 fully saturated rings. The highest BCUT2D eigenvalue weighted by Crippen LogP contribution is 2.34. The van der Waals surface area contributed by atoms with Gasteiger partial charge in [-0.2, -0.15) is 0 Å². The van der Waals surface area contributed by atoms with Crippen molar-refractivity contribution < 1.29 is 4.79 Å². The van der Waals surface area contributed by atoms with Crippen molar-refractivity contribution in [2.24, 2.45) is 10.9 Å². The molecule has 1 atom stereocenters. The third kappa shape index (κ3) is 4.60. The molecule has 1 aliphatic heterocycles. The van der Waals surface area contributed by atoms with E-state index in [1.54, 1.807) is 6.92 Å². The summed E-state index contributed by atoms with van der Waals surface area (Å²) >= 11 is 0. The lowest BCUT2D eigenvalue weighted by Crippen LogP contribution is -2.53. The van der Waals surface area contributed by atoms with Crippen molar-refractivity contribution in [1.82, 2.24) is 20.0 Å². The molecule has 126 valence electrons. The number of nitrogens with one attached hydrogen (secondary N) is 1. The van der Waals surface area contributed by atoms with Crippen molar-refractivity contribution in [2.75, 3.05) is 53.4 Å². The fraction of sp³-hybridized carbons (Fsp3) is 0.875. The number of likely N-dealkylation sites (N-methyl/N-ethyl adjacent to an activating group) is 1. The second-order valence-electron chi connectivity index (χ2n) is 6.56. The van der Waals surface area contributed by atoms with Crippen LogP contribution in [0.1, 0.15) is 26.7 Å². The standard InChI is InChI=1S/C16H31N5O/c1-5-17-16(18-12-15(19(3)4)14-6-7-14)21-10-8-20(9-11-21)13(2)22/h14-15H,5-12H2,1-4H3,(H,17,18). The maximum Gasteiger partial charge on any atom is 0.219 e. The van der Waals surface area contributed by atoms with E-state index in [1.165, 1.54) is 12.8 Å². The Labute approximate surface area is 134 Å². The molecule has 1 saturated heterocycles. The van der Waals surface area contributed by atoms with Gasteiger partial charge in [-0.3, -0.25) is 9.79 Å². The Morgan fingerprint density at radius 3 is 2.27 bits per heavy atom. The highest BCUT2D eigenvalue weighted by atomic mass is 16.2. The molecular formula is C16H31N5O. The van der Waals surface area contributed by atoms with Crippen LogP contribution in [0.25, 0.3) is 0 Å². The molecule has 1 aliphatic carbocycles. The van der Waals surface area contributed by atoms with Gasteiger partial charge < -0.3 is 20.0 Å². The van der Waals surface area contributed by atoms with Crippen LogP contribution in [0.5, 0.6) is 0 Å². The van der Waals surface area contributed by atoms with E-state index in [2.05, 4.69) is 36.1 Å². The highest BCUT2D eigenvalue weighted by molar-refractivity contribution is 5.80. The first-order valence-electron chi connectivity index (χ1n) is 8.48. The summed E-state index contributed by atoms with van der Waals surface area (Å²) in [6.07, 6.45) is 2.68. The number of guanidine groups is 1. The maximum atomic E-state index is 11.4. The van der Waals surface area contributed by atoms with Gasteiger partial charge in [0.2, 0.25) is 5.91 Å². The van der Waals surface area contributed by atoms with E-state index in [0.717, 1.165) is 51.1 Å². The van der Waals surface area contributed by atoms with Crippen molar-refractivity contribution in [1.29, 1.82) is 0 Å². The predicted molar refractivity (Wildman–Crippen MR) is 90.0 cm³/mol. The number of hydrogen-bond acceptors (Lipinski definition) is 3. The van der Waals surface area contributed by atoms with Gasteiger partial charge in [-0.05, 0) is 39.8 Å². The number of aliphatic imine (C=N–C) groups is 1. The summed E-state index contributed by atoms with van der Waals surface area (Å²) in [6, 6.07) is 0.548. The van der Waals surface area contributed by atoms with Gasteiger partial charge in [0.05, 0.1) is 6.54 Å². The lowest BCUT2D eigenvalue weighted by Gasteiger charge is -2.36. The Morgan fingerprint density at radius 2 is 1.82 bits per heavy atom. The van der Waals surface area contributed by atoms with Gasteiger partial charge in [0.25, 0.3) is 0 Å². The topological polar surface area (TPSA) is 51.2 Å². The second kappa shape index (κ2) is 7.81. The fourth-order valence-electron chi connectivity index (χ4n) is 3.05. The SMILES string of the molecule is CCNC(=NCC(C1CC1)N(C)C)N1CCN(C(C)=O)CC1. The number of amides is 1. The van der Waals surface area contributed by atoms with Gasteiger partial charge >= 0.3 is 0 Å². The zero-order valence-corrected chi connectivity index (χ0v) is 14.5. The third-order valence-corrected chi connectivity index (χ3v) is 4.62. The number of rotatable bonds is 5. The average Bonchev–Trinajstić information content (AvgIpc) is 3.31. The molecular weight excluding hydrogens is 278 g/mol. The summed E-state index contributed by atoms with van der Waals surface area (Å²) < 4.78 is 0. The van der Waals surface area contributed by atoms with Gasteiger partial charge in [-0.25, -0.2) is 0 Å². The summed E-state index contributed by atoms with van der Waals surface area (Å²) in [7, 11) is 4.30. The minimum absolute atomic E-state index is 0.169. The van der Waals surface area contributed by atoms with Crippen molar-refractivity contribution in [3.8, 4) is 0 Å². The van der Waals surface area contributed by atoms with E-state index in [9.17, 15) is 4.79 Å². The van der Waals surface area contributed by atoms with Crippen LogP contribution in [0.15, 0.2) is 4.99 Å². The number of carbonyl (C=O) groups excluding carboxylic acids is 1. The summed E-state index contributed by atoms with van der Waals surface area (Å²) in [5.74, 6) is 1.98. The Kier molecular flexibility index (Phi) is 6.06. The Hall–Kier alpha value is -1.30. The number of nitrogens with zero attached hydrogens (tertiary/aromatic N) is 4. The largest absolute Gasteiger partial charge is 0.357 e. The molecule has 1 N–H and O–H groups in total. The summed E-state index contributed by atoms with van der Waals surface area (Å²) in [4.78, 5) is 22.8. The Morgan fingerprint density at radius 1 is 1.23 bits per heavy atom. The van der Waals surface area contributed by atoms with Crippen molar-refractivity contribution in [3.63, 3.8) is 0 Å². The Balaban J connectivity index is 1.94. The highest BCUT2D eigenvalue weighted by Gasteiger charge is 2.32. The minimum Gasteiger partial charge on any atom is -0.357 e. The third-order valence-electron chi connectivity index (χ3n) is 4.62. The number of carbonyl (C=O) groups is 1. The average molecular weight is 309 g/mol. The van der Waals surface area contributed by atoms with Crippen LogP contribution in [0.4, 0.5) is 0 Å². The molecule has 6 heteroatoms. The van der Waals surface area contributed by atoms with Gasteiger partial charge in [0.15, 0.2) is 5.96 Å². The molecule has 0 radical (unpaired) electrons. The van der Waals surface area contributed by atoms with Crippen LogP contribution in [-0.2, 0) is 4.79 Å². The monoisotopic (exact) mass is 309 g/mol.